The highest BCUT2D eigenvalue weighted by Gasteiger charge is 2.20. The first-order valence-corrected chi connectivity index (χ1v) is 9.65. The average Bonchev–Trinajstić information content (AvgIpc) is 3.11. The van der Waals surface area contributed by atoms with Gasteiger partial charge in [0.1, 0.15) is 5.82 Å². The van der Waals surface area contributed by atoms with Gasteiger partial charge in [-0.05, 0) is 51.5 Å². The monoisotopic (exact) mass is 406 g/mol. The smallest absolute Gasteiger partial charge is 0.256 e. The number of amides is 1. The quantitative estimate of drug-likeness (QED) is 0.559. The van der Waals surface area contributed by atoms with Gasteiger partial charge in [-0.15, -0.1) is 0 Å². The van der Waals surface area contributed by atoms with Crippen LogP contribution in [0.1, 0.15) is 38.7 Å². The molecule has 0 aliphatic rings. The Bertz CT molecular complexity index is 1290. The molecule has 0 radical (unpaired) electrons. The highest BCUT2D eigenvalue weighted by molar-refractivity contribution is 6.13. The molecule has 0 saturated heterocycles. The summed E-state index contributed by atoms with van der Waals surface area (Å²) in [5, 5.41) is 12.7. The molecule has 4 aromatic rings. The van der Waals surface area contributed by atoms with Gasteiger partial charge in [0.2, 0.25) is 0 Å². The van der Waals surface area contributed by atoms with Crippen LogP contribution in [-0.2, 0) is 13.6 Å². The third-order valence-corrected chi connectivity index (χ3v) is 5.18. The molecule has 0 bridgehead atoms. The fraction of sp³-hybridized carbons (Fsp3) is 0.273. The number of aryl methyl sites for hydroxylation is 4. The fourth-order valence-electron chi connectivity index (χ4n) is 3.77. The zero-order chi connectivity index (χ0) is 21.6. The number of aromatic nitrogens is 5. The van der Waals surface area contributed by atoms with Gasteiger partial charge < -0.3 is 5.32 Å². The van der Waals surface area contributed by atoms with Crippen LogP contribution in [0.5, 0.6) is 0 Å². The molecule has 0 atom stereocenters. The van der Waals surface area contributed by atoms with Crippen LogP contribution in [0.2, 0.25) is 0 Å². The summed E-state index contributed by atoms with van der Waals surface area (Å²) in [4.78, 5) is 17.7. The molecule has 3 aromatic heterocycles. The minimum atomic E-state index is -0.286. The molecular formula is C22H23FN6O. The Morgan fingerprint density at radius 2 is 1.87 bits per heavy atom. The van der Waals surface area contributed by atoms with Crippen LogP contribution in [0.25, 0.3) is 11.0 Å². The molecule has 1 N–H and O–H groups in total. The molecular weight excluding hydrogens is 383 g/mol. The van der Waals surface area contributed by atoms with Gasteiger partial charge in [0.05, 0.1) is 40.3 Å². The van der Waals surface area contributed by atoms with Crippen molar-refractivity contribution in [3.8, 4) is 0 Å². The van der Waals surface area contributed by atoms with Crippen molar-refractivity contribution in [2.45, 2.75) is 34.2 Å². The van der Waals surface area contributed by atoms with E-state index >= 15 is 0 Å². The van der Waals surface area contributed by atoms with E-state index in [9.17, 15) is 9.18 Å². The number of carbonyl (C=O) groups is 1. The lowest BCUT2D eigenvalue weighted by Gasteiger charge is -2.09. The topological polar surface area (TPSA) is 77.6 Å². The summed E-state index contributed by atoms with van der Waals surface area (Å²) in [7, 11) is 1.81. The van der Waals surface area contributed by atoms with E-state index in [1.807, 2.05) is 40.8 Å². The largest absolute Gasteiger partial charge is 0.319 e. The normalized spacial score (nSPS) is 11.3. The van der Waals surface area contributed by atoms with Gasteiger partial charge in [-0.3, -0.25) is 14.2 Å². The molecule has 0 fully saturated rings. The summed E-state index contributed by atoms with van der Waals surface area (Å²) in [6, 6.07) is 8.19. The van der Waals surface area contributed by atoms with Gasteiger partial charge in [-0.2, -0.15) is 10.2 Å². The average molecular weight is 406 g/mol. The van der Waals surface area contributed by atoms with Crippen LogP contribution in [0, 0.1) is 33.5 Å². The summed E-state index contributed by atoms with van der Waals surface area (Å²) in [6.45, 7) is 7.86. The summed E-state index contributed by atoms with van der Waals surface area (Å²) < 4.78 is 17.0. The Morgan fingerprint density at radius 3 is 2.60 bits per heavy atom. The lowest BCUT2D eigenvalue weighted by atomic mass is 10.1. The number of hydrogen-bond acceptors (Lipinski definition) is 4. The molecule has 8 heteroatoms. The van der Waals surface area contributed by atoms with Gasteiger partial charge in [-0.1, -0.05) is 12.1 Å². The first-order chi connectivity index (χ1) is 14.2. The van der Waals surface area contributed by atoms with E-state index in [2.05, 4.69) is 20.5 Å². The molecule has 3 heterocycles. The van der Waals surface area contributed by atoms with Gasteiger partial charge in [-0.25, -0.2) is 9.37 Å². The molecule has 0 saturated carbocycles. The molecule has 0 spiro atoms. The highest BCUT2D eigenvalue weighted by Crippen LogP contribution is 2.25. The maximum atomic E-state index is 13.5. The third kappa shape index (κ3) is 3.45. The molecule has 154 valence electrons. The lowest BCUT2D eigenvalue weighted by molar-refractivity contribution is 0.102. The van der Waals surface area contributed by atoms with Crippen LogP contribution in [0.15, 0.2) is 30.3 Å². The molecule has 1 amide bonds. The number of benzene rings is 1. The van der Waals surface area contributed by atoms with Crippen LogP contribution in [-0.4, -0.2) is 30.5 Å². The molecule has 0 aliphatic carbocycles. The van der Waals surface area contributed by atoms with Crippen LogP contribution < -0.4 is 5.32 Å². The van der Waals surface area contributed by atoms with Crippen molar-refractivity contribution < 1.29 is 9.18 Å². The van der Waals surface area contributed by atoms with Crippen LogP contribution in [0.3, 0.4) is 0 Å². The van der Waals surface area contributed by atoms with Crippen LogP contribution >= 0.6 is 0 Å². The van der Waals surface area contributed by atoms with E-state index in [1.165, 1.54) is 12.1 Å². The van der Waals surface area contributed by atoms with E-state index in [0.717, 1.165) is 28.0 Å². The number of fused-ring (bicyclic) bond motifs is 1. The number of carbonyl (C=O) groups excluding carboxylic acids is 1. The van der Waals surface area contributed by atoms with E-state index in [0.29, 0.717) is 29.1 Å². The molecule has 1 aromatic carbocycles. The van der Waals surface area contributed by atoms with Crippen molar-refractivity contribution in [3.63, 3.8) is 0 Å². The Hall–Kier alpha value is -3.55. The number of anilines is 1. The molecule has 0 aliphatic heterocycles. The number of nitrogens with one attached hydrogen (secondary N) is 1. The van der Waals surface area contributed by atoms with Crippen molar-refractivity contribution >= 4 is 22.6 Å². The molecule has 4 rings (SSSR count). The summed E-state index contributed by atoms with van der Waals surface area (Å²) in [6.07, 6.45) is 0. The van der Waals surface area contributed by atoms with E-state index in [1.54, 1.807) is 21.5 Å². The standard InChI is InChI=1S/C22H23FN6O/c1-12-9-18(19-13(2)26-28(5)21(19)24-12)22(30)25-20-14(3)27-29(15(20)4)11-16-7-6-8-17(23)10-16/h6-10H,11H2,1-5H3,(H,25,30). The summed E-state index contributed by atoms with van der Waals surface area (Å²) in [5.41, 5.74) is 5.65. The predicted octanol–water partition coefficient (Wildman–Crippen LogP) is 3.84. The second-order valence-corrected chi connectivity index (χ2v) is 7.51. The van der Waals surface area contributed by atoms with E-state index in [4.69, 9.17) is 0 Å². The Balaban J connectivity index is 1.68. The maximum Gasteiger partial charge on any atom is 0.256 e. The first-order valence-electron chi connectivity index (χ1n) is 9.65. The van der Waals surface area contributed by atoms with Gasteiger partial charge >= 0.3 is 0 Å². The number of pyridine rings is 1. The predicted molar refractivity (Wildman–Crippen MR) is 113 cm³/mol. The van der Waals surface area contributed by atoms with Gasteiger partial charge in [0.15, 0.2) is 5.65 Å². The number of nitrogens with zero attached hydrogens (tertiary/aromatic N) is 5. The van der Waals surface area contributed by atoms with Crippen molar-refractivity contribution in [1.82, 2.24) is 24.5 Å². The Kier molecular flexibility index (Phi) is 4.85. The Morgan fingerprint density at radius 1 is 1.10 bits per heavy atom. The Labute approximate surface area is 173 Å². The first kappa shape index (κ1) is 19.8. The highest BCUT2D eigenvalue weighted by atomic mass is 19.1. The van der Waals surface area contributed by atoms with Gasteiger partial charge in [0.25, 0.3) is 5.91 Å². The third-order valence-electron chi connectivity index (χ3n) is 5.18. The second kappa shape index (κ2) is 7.37. The minimum Gasteiger partial charge on any atom is -0.319 e. The molecule has 30 heavy (non-hydrogen) atoms. The van der Waals surface area contributed by atoms with E-state index in [-0.39, 0.29) is 11.7 Å². The van der Waals surface area contributed by atoms with Crippen LogP contribution in [0.4, 0.5) is 10.1 Å². The molecule has 0 unspecified atom stereocenters. The van der Waals surface area contributed by atoms with Crippen molar-refractivity contribution in [2.24, 2.45) is 7.05 Å². The number of rotatable bonds is 4. The zero-order valence-electron chi connectivity index (χ0n) is 17.6. The summed E-state index contributed by atoms with van der Waals surface area (Å²) >= 11 is 0. The molecule has 7 nitrogen and oxygen atoms in total. The van der Waals surface area contributed by atoms with Crippen molar-refractivity contribution in [3.05, 3.63) is 70.1 Å². The fourth-order valence-corrected chi connectivity index (χ4v) is 3.77. The maximum absolute atomic E-state index is 13.5. The minimum absolute atomic E-state index is 0.238. The summed E-state index contributed by atoms with van der Waals surface area (Å²) in [5.74, 6) is -0.524. The van der Waals surface area contributed by atoms with E-state index < -0.39 is 0 Å². The lowest BCUT2D eigenvalue weighted by Crippen LogP contribution is -2.15. The zero-order valence-corrected chi connectivity index (χ0v) is 17.6. The van der Waals surface area contributed by atoms with Gasteiger partial charge in [0, 0.05) is 12.7 Å². The second-order valence-electron chi connectivity index (χ2n) is 7.51. The number of halogens is 1. The number of hydrogen-bond donors (Lipinski definition) is 1. The van der Waals surface area contributed by atoms with Crippen molar-refractivity contribution in [1.29, 1.82) is 0 Å². The SMILES string of the molecule is Cc1cc(C(=O)Nc2c(C)nn(Cc3cccc(F)c3)c2C)c2c(C)nn(C)c2n1. The van der Waals surface area contributed by atoms with Crippen molar-refractivity contribution in [2.75, 3.05) is 5.32 Å².